The van der Waals surface area contributed by atoms with Crippen molar-refractivity contribution in [1.82, 2.24) is 20.6 Å². The van der Waals surface area contributed by atoms with E-state index in [1.54, 1.807) is 17.9 Å². The SMILES string of the molecule is Cn1cc2c(n1)N=C(c1ccccc1)NNC2=O. The molecule has 1 amide bonds. The van der Waals surface area contributed by atoms with E-state index in [1.165, 1.54) is 0 Å². The number of nitrogens with one attached hydrogen (secondary N) is 2. The standard InChI is InChI=1S/C12H11N5O/c1-17-7-9-11(16-17)13-10(14-15-12(9)18)8-5-3-2-4-6-8/h2-7H,1H3,(H,15,18)(H,13,14,16). The maximum Gasteiger partial charge on any atom is 0.275 e. The minimum atomic E-state index is -0.243. The van der Waals surface area contributed by atoms with Gasteiger partial charge in [0.1, 0.15) is 5.56 Å². The highest BCUT2D eigenvalue weighted by atomic mass is 16.2. The normalized spacial score (nSPS) is 14.1. The van der Waals surface area contributed by atoms with Gasteiger partial charge in [-0.05, 0) is 0 Å². The number of amidine groups is 1. The molecule has 0 saturated carbocycles. The molecule has 0 aliphatic carbocycles. The van der Waals surface area contributed by atoms with E-state index < -0.39 is 0 Å². The Balaban J connectivity index is 2.09. The summed E-state index contributed by atoms with van der Waals surface area (Å²) >= 11 is 0. The Hall–Kier alpha value is -2.63. The van der Waals surface area contributed by atoms with Crippen LogP contribution in [0.5, 0.6) is 0 Å². The summed E-state index contributed by atoms with van der Waals surface area (Å²) in [7, 11) is 1.76. The van der Waals surface area contributed by atoms with Gasteiger partial charge in [0.05, 0.1) is 0 Å². The van der Waals surface area contributed by atoms with E-state index in [0.717, 1.165) is 5.56 Å². The number of nitrogens with zero attached hydrogens (tertiary/aromatic N) is 3. The molecule has 0 fully saturated rings. The van der Waals surface area contributed by atoms with Gasteiger partial charge in [-0.15, -0.1) is 0 Å². The van der Waals surface area contributed by atoms with Crippen LogP contribution >= 0.6 is 0 Å². The number of fused-ring (bicyclic) bond motifs is 1. The highest BCUT2D eigenvalue weighted by Crippen LogP contribution is 2.18. The number of aliphatic imine (C=N–C) groups is 1. The minimum absolute atomic E-state index is 0.243. The number of hydrogen-bond acceptors (Lipinski definition) is 4. The van der Waals surface area contributed by atoms with Crippen LogP contribution in [0.25, 0.3) is 0 Å². The molecule has 1 aromatic carbocycles. The summed E-state index contributed by atoms with van der Waals surface area (Å²) in [6.07, 6.45) is 1.64. The number of hydrazine groups is 1. The van der Waals surface area contributed by atoms with Gasteiger partial charge in [-0.1, -0.05) is 30.3 Å². The lowest BCUT2D eigenvalue weighted by Gasteiger charge is -2.07. The van der Waals surface area contributed by atoms with Crippen LogP contribution in [-0.4, -0.2) is 21.5 Å². The fourth-order valence-corrected chi connectivity index (χ4v) is 1.77. The van der Waals surface area contributed by atoms with Crippen molar-refractivity contribution in [3.63, 3.8) is 0 Å². The fraction of sp³-hybridized carbons (Fsp3) is 0.0833. The van der Waals surface area contributed by atoms with Crippen LogP contribution in [0, 0.1) is 0 Å². The van der Waals surface area contributed by atoms with Crippen LogP contribution in [0.1, 0.15) is 15.9 Å². The van der Waals surface area contributed by atoms with Gasteiger partial charge in [-0.25, -0.2) is 4.99 Å². The number of benzene rings is 1. The van der Waals surface area contributed by atoms with Crippen molar-refractivity contribution in [2.24, 2.45) is 12.0 Å². The number of aromatic nitrogens is 2. The lowest BCUT2D eigenvalue weighted by atomic mass is 10.2. The van der Waals surface area contributed by atoms with Gasteiger partial charge >= 0.3 is 0 Å². The molecule has 2 heterocycles. The Bertz CT molecular complexity index is 629. The Morgan fingerprint density at radius 3 is 2.72 bits per heavy atom. The van der Waals surface area contributed by atoms with E-state index in [0.29, 0.717) is 17.2 Å². The van der Waals surface area contributed by atoms with Gasteiger partial charge < -0.3 is 0 Å². The molecule has 1 aliphatic heterocycles. The molecular formula is C12H11N5O. The molecule has 90 valence electrons. The summed E-state index contributed by atoms with van der Waals surface area (Å²) in [5.41, 5.74) is 6.73. The van der Waals surface area contributed by atoms with E-state index in [1.807, 2.05) is 30.3 Å². The van der Waals surface area contributed by atoms with Crippen molar-refractivity contribution in [2.75, 3.05) is 0 Å². The van der Waals surface area contributed by atoms with Gasteiger partial charge in [0, 0.05) is 18.8 Å². The zero-order valence-corrected chi connectivity index (χ0v) is 9.71. The molecule has 0 saturated heterocycles. The van der Waals surface area contributed by atoms with Gasteiger partial charge in [0.15, 0.2) is 11.7 Å². The average molecular weight is 241 g/mol. The molecule has 0 atom stereocenters. The third-order valence-corrected chi connectivity index (χ3v) is 2.61. The molecule has 2 N–H and O–H groups in total. The number of aryl methyl sites for hydroxylation is 1. The van der Waals surface area contributed by atoms with Gasteiger partial charge in [-0.3, -0.25) is 20.3 Å². The number of amides is 1. The summed E-state index contributed by atoms with van der Waals surface area (Å²) in [4.78, 5) is 16.2. The van der Waals surface area contributed by atoms with Gasteiger partial charge in [0.2, 0.25) is 0 Å². The largest absolute Gasteiger partial charge is 0.281 e. The molecule has 1 aliphatic rings. The summed E-state index contributed by atoms with van der Waals surface area (Å²) in [6, 6.07) is 9.56. The molecule has 6 nitrogen and oxygen atoms in total. The Kier molecular flexibility index (Phi) is 2.33. The molecule has 2 aromatic rings. The van der Waals surface area contributed by atoms with Gasteiger partial charge in [0.25, 0.3) is 5.91 Å². The maximum absolute atomic E-state index is 11.8. The van der Waals surface area contributed by atoms with Crippen molar-refractivity contribution in [3.05, 3.63) is 47.7 Å². The molecule has 18 heavy (non-hydrogen) atoms. The second-order valence-electron chi connectivity index (χ2n) is 3.95. The molecular weight excluding hydrogens is 230 g/mol. The molecule has 0 bridgehead atoms. The van der Waals surface area contributed by atoms with Crippen molar-refractivity contribution < 1.29 is 4.79 Å². The Morgan fingerprint density at radius 1 is 1.17 bits per heavy atom. The van der Waals surface area contributed by atoms with Crippen LogP contribution < -0.4 is 10.9 Å². The molecule has 6 heteroatoms. The van der Waals surface area contributed by atoms with E-state index in [-0.39, 0.29) is 5.91 Å². The third kappa shape index (κ3) is 1.73. The van der Waals surface area contributed by atoms with Crippen molar-refractivity contribution in [2.45, 2.75) is 0 Å². The van der Waals surface area contributed by atoms with Crippen LogP contribution in [-0.2, 0) is 7.05 Å². The van der Waals surface area contributed by atoms with Crippen LogP contribution in [0.2, 0.25) is 0 Å². The third-order valence-electron chi connectivity index (χ3n) is 2.61. The monoisotopic (exact) mass is 241 g/mol. The van der Waals surface area contributed by atoms with E-state index >= 15 is 0 Å². The topological polar surface area (TPSA) is 71.3 Å². The first-order valence-corrected chi connectivity index (χ1v) is 5.48. The average Bonchev–Trinajstić information content (AvgIpc) is 2.69. The van der Waals surface area contributed by atoms with Gasteiger partial charge in [-0.2, -0.15) is 5.10 Å². The van der Waals surface area contributed by atoms with E-state index in [2.05, 4.69) is 20.9 Å². The maximum atomic E-state index is 11.8. The zero-order valence-electron chi connectivity index (χ0n) is 9.71. The quantitative estimate of drug-likeness (QED) is 0.773. The molecule has 0 spiro atoms. The number of hydrogen-bond donors (Lipinski definition) is 2. The molecule has 0 unspecified atom stereocenters. The summed E-state index contributed by atoms with van der Waals surface area (Å²) < 4.78 is 1.57. The highest BCUT2D eigenvalue weighted by Gasteiger charge is 2.20. The minimum Gasteiger partial charge on any atom is -0.281 e. The van der Waals surface area contributed by atoms with E-state index in [9.17, 15) is 4.79 Å². The van der Waals surface area contributed by atoms with Crippen molar-refractivity contribution in [1.29, 1.82) is 0 Å². The first kappa shape index (κ1) is 10.5. The summed E-state index contributed by atoms with van der Waals surface area (Å²) in [5, 5.41) is 4.17. The molecule has 1 aromatic heterocycles. The molecule has 0 radical (unpaired) electrons. The second kappa shape index (κ2) is 3.99. The number of carbonyl (C=O) groups excluding carboxylic acids is 1. The zero-order chi connectivity index (χ0) is 12.5. The Labute approximate surface area is 103 Å². The number of carbonyl (C=O) groups is 1. The van der Waals surface area contributed by atoms with Crippen molar-refractivity contribution in [3.8, 4) is 0 Å². The first-order valence-electron chi connectivity index (χ1n) is 5.48. The summed E-state index contributed by atoms with van der Waals surface area (Å²) in [6.45, 7) is 0. The highest BCUT2D eigenvalue weighted by molar-refractivity contribution is 6.07. The van der Waals surface area contributed by atoms with Crippen LogP contribution in [0.15, 0.2) is 41.5 Å². The first-order chi connectivity index (χ1) is 8.74. The Morgan fingerprint density at radius 2 is 1.94 bits per heavy atom. The van der Waals surface area contributed by atoms with Crippen LogP contribution in [0.4, 0.5) is 5.82 Å². The predicted molar refractivity (Wildman–Crippen MR) is 66.4 cm³/mol. The second-order valence-corrected chi connectivity index (χ2v) is 3.95. The lowest BCUT2D eigenvalue weighted by molar-refractivity contribution is 0.0946. The smallest absolute Gasteiger partial charge is 0.275 e. The van der Waals surface area contributed by atoms with E-state index in [4.69, 9.17) is 0 Å². The summed E-state index contributed by atoms with van der Waals surface area (Å²) in [5.74, 6) is 0.744. The lowest BCUT2D eigenvalue weighted by Crippen LogP contribution is -2.40. The predicted octanol–water partition coefficient (Wildman–Crippen LogP) is 0.746. The fourth-order valence-electron chi connectivity index (χ4n) is 1.77. The number of rotatable bonds is 1. The molecule has 3 rings (SSSR count). The van der Waals surface area contributed by atoms with Crippen LogP contribution in [0.3, 0.4) is 0 Å². The van der Waals surface area contributed by atoms with Crippen molar-refractivity contribution >= 4 is 17.6 Å².